The third kappa shape index (κ3) is 4.97. The summed E-state index contributed by atoms with van der Waals surface area (Å²) in [7, 11) is 0. The van der Waals surface area contributed by atoms with E-state index in [-0.39, 0.29) is 11.1 Å². The van der Waals surface area contributed by atoms with Crippen molar-refractivity contribution >= 4 is 54.0 Å². The third-order valence-electron chi connectivity index (χ3n) is 6.71. The highest BCUT2D eigenvalue weighted by atomic mass is 79.9. The average Bonchev–Trinajstić information content (AvgIpc) is 3.17. The molecule has 1 saturated heterocycles. The van der Waals surface area contributed by atoms with E-state index in [1.165, 1.54) is 33.6 Å². The summed E-state index contributed by atoms with van der Waals surface area (Å²) >= 11 is 7.91. The number of halogens is 2. The first-order valence-electron chi connectivity index (χ1n) is 12.1. The molecule has 0 radical (unpaired) electrons. The molecule has 0 amide bonds. The van der Waals surface area contributed by atoms with E-state index >= 15 is 0 Å². The molecule has 1 aliphatic heterocycles. The molecule has 0 spiro atoms. The highest BCUT2D eigenvalue weighted by Crippen LogP contribution is 2.43. The van der Waals surface area contributed by atoms with Gasteiger partial charge >= 0.3 is 11.1 Å². The number of para-hydroxylation sites is 2. The maximum Gasteiger partial charge on any atom is 0.361 e. The molecular weight excluding hydrogens is 522 g/mol. The van der Waals surface area contributed by atoms with Crippen LogP contribution in [0, 0.1) is 0 Å². The van der Waals surface area contributed by atoms with Gasteiger partial charge in [0.25, 0.3) is 0 Å². The molecule has 0 atom stereocenters. The van der Waals surface area contributed by atoms with Gasteiger partial charge in [-0.05, 0) is 45.9 Å². The monoisotopic (exact) mass is 558 g/mol. The van der Waals surface area contributed by atoms with Gasteiger partial charge < -0.3 is 9.62 Å². The molecule has 0 aliphatic carbocycles. The Morgan fingerprint density at radius 3 is 1.12 bits per heavy atom. The Hall–Kier alpha value is -0.870. The molecule has 1 fully saturated rings. The quantitative estimate of drug-likeness (QED) is 0.315. The standard InChI is InChI=1S/C26H38B2Br2N2/c1-17(2)21-11-9-12-22(18(3)4)25(21)31-15-16-32(28(31)27(29)30)26-23(19(5)6)13-10-14-24(26)20(7)8/h9-14,17-20H,15-16H2,1-8H3. The predicted octanol–water partition coefficient (Wildman–Crippen LogP) is 8.35. The molecule has 0 bridgehead atoms. The fourth-order valence-corrected chi connectivity index (χ4v) is 6.24. The minimum absolute atomic E-state index is 0.151. The number of hydrogen-bond donors (Lipinski definition) is 0. The fourth-order valence-electron chi connectivity index (χ4n) is 5.10. The predicted molar refractivity (Wildman–Crippen MR) is 153 cm³/mol. The van der Waals surface area contributed by atoms with Crippen molar-refractivity contribution in [3.05, 3.63) is 58.7 Å². The summed E-state index contributed by atoms with van der Waals surface area (Å²) in [4.78, 5) is 5.31. The summed E-state index contributed by atoms with van der Waals surface area (Å²) in [6.45, 7) is 20.8. The van der Waals surface area contributed by atoms with Crippen molar-refractivity contribution < 1.29 is 0 Å². The second-order valence-electron chi connectivity index (χ2n) is 10.3. The number of rotatable bonds is 7. The van der Waals surface area contributed by atoms with Crippen LogP contribution in [0.1, 0.15) is 101 Å². The zero-order chi connectivity index (χ0) is 23.7. The fraction of sp³-hybridized carbons (Fsp3) is 0.538. The molecule has 2 nitrogen and oxygen atoms in total. The average molecular weight is 560 g/mol. The lowest BCUT2D eigenvalue weighted by molar-refractivity contribution is 0.821. The van der Waals surface area contributed by atoms with Crippen LogP contribution in [0.3, 0.4) is 0 Å². The Kier molecular flexibility index (Phi) is 8.52. The topological polar surface area (TPSA) is 6.48 Å². The maximum atomic E-state index is 3.96. The van der Waals surface area contributed by atoms with Crippen LogP contribution in [-0.2, 0) is 0 Å². The summed E-state index contributed by atoms with van der Waals surface area (Å²) in [5, 5.41) is 0. The van der Waals surface area contributed by atoms with Crippen LogP contribution in [-0.4, -0.2) is 24.2 Å². The van der Waals surface area contributed by atoms with Crippen LogP contribution in [0.15, 0.2) is 36.4 Å². The number of benzene rings is 2. The van der Waals surface area contributed by atoms with Crippen molar-refractivity contribution in [2.24, 2.45) is 0 Å². The molecule has 32 heavy (non-hydrogen) atoms. The van der Waals surface area contributed by atoms with Gasteiger partial charge in [-0.2, -0.15) is 0 Å². The van der Waals surface area contributed by atoms with Gasteiger partial charge in [-0.25, -0.2) is 0 Å². The summed E-state index contributed by atoms with van der Waals surface area (Å²) in [5.74, 6) is 1.93. The van der Waals surface area contributed by atoms with Gasteiger partial charge in [0.1, 0.15) is 0 Å². The molecule has 2 aromatic rings. The number of nitrogens with zero attached hydrogens (tertiary/aromatic N) is 2. The van der Waals surface area contributed by atoms with E-state index in [1.54, 1.807) is 0 Å². The minimum atomic E-state index is 0.151. The number of anilines is 2. The van der Waals surface area contributed by atoms with Crippen molar-refractivity contribution in [2.75, 3.05) is 22.7 Å². The first-order chi connectivity index (χ1) is 15.1. The zero-order valence-electron chi connectivity index (χ0n) is 21.0. The van der Waals surface area contributed by atoms with Gasteiger partial charge in [0.15, 0.2) is 0 Å². The van der Waals surface area contributed by atoms with E-state index in [0.29, 0.717) is 23.7 Å². The molecule has 0 saturated carbocycles. The van der Waals surface area contributed by atoms with Crippen LogP contribution in [0.4, 0.5) is 11.4 Å². The maximum absolute atomic E-state index is 3.96. The highest BCUT2D eigenvalue weighted by Gasteiger charge is 2.46. The largest absolute Gasteiger partial charge is 0.399 e. The molecular formula is C26H38B2Br2N2. The van der Waals surface area contributed by atoms with Crippen molar-refractivity contribution in [2.45, 2.75) is 79.1 Å². The Morgan fingerprint density at radius 1 is 0.625 bits per heavy atom. The van der Waals surface area contributed by atoms with Gasteiger partial charge in [0.05, 0.1) is 0 Å². The van der Waals surface area contributed by atoms with Crippen LogP contribution >= 0.6 is 31.5 Å². The molecule has 1 heterocycles. The van der Waals surface area contributed by atoms with Crippen molar-refractivity contribution in [1.29, 1.82) is 0 Å². The summed E-state index contributed by atoms with van der Waals surface area (Å²) in [5.41, 5.74) is 8.66. The van der Waals surface area contributed by atoms with E-state index in [1.807, 2.05) is 0 Å². The Bertz CT molecular complexity index is 804. The molecule has 3 rings (SSSR count). The molecule has 6 heteroatoms. The van der Waals surface area contributed by atoms with Crippen LogP contribution < -0.4 is 9.62 Å². The summed E-state index contributed by atoms with van der Waals surface area (Å²) in [6, 6.07) is 13.8. The van der Waals surface area contributed by atoms with Crippen molar-refractivity contribution in [3.63, 3.8) is 0 Å². The third-order valence-corrected chi connectivity index (χ3v) is 7.65. The van der Waals surface area contributed by atoms with E-state index in [0.717, 1.165) is 13.1 Å². The van der Waals surface area contributed by atoms with Crippen molar-refractivity contribution in [1.82, 2.24) is 0 Å². The lowest BCUT2D eigenvalue weighted by atomic mass is 9.49. The summed E-state index contributed by atoms with van der Waals surface area (Å²) in [6.07, 6.45) is 0. The van der Waals surface area contributed by atoms with Crippen LogP contribution in [0.5, 0.6) is 0 Å². The second-order valence-corrected chi connectivity index (χ2v) is 13.5. The van der Waals surface area contributed by atoms with Gasteiger partial charge in [-0.15, -0.1) is 31.5 Å². The van der Waals surface area contributed by atoms with Gasteiger partial charge in [-0.1, -0.05) is 91.8 Å². The van der Waals surface area contributed by atoms with E-state index in [2.05, 4.69) is 133 Å². The van der Waals surface area contributed by atoms with Gasteiger partial charge in [0.2, 0.25) is 0 Å². The van der Waals surface area contributed by atoms with Gasteiger partial charge in [0, 0.05) is 24.5 Å². The molecule has 1 aliphatic rings. The molecule has 2 aromatic carbocycles. The molecule has 0 N–H and O–H groups in total. The lowest BCUT2D eigenvalue weighted by Crippen LogP contribution is -2.52. The molecule has 0 aromatic heterocycles. The lowest BCUT2D eigenvalue weighted by Gasteiger charge is -2.36. The van der Waals surface area contributed by atoms with E-state index < -0.39 is 0 Å². The number of hydrogen-bond acceptors (Lipinski definition) is 2. The SMILES string of the molecule is CC(C)c1cccc(C(C)C)c1N1CCN(c2c(C(C)C)cccc2C(C)C)B1B(Br)Br. The first kappa shape index (κ1) is 25.7. The first-order valence-corrected chi connectivity index (χ1v) is 14.0. The van der Waals surface area contributed by atoms with Crippen molar-refractivity contribution in [3.8, 4) is 0 Å². The normalized spacial score (nSPS) is 14.6. The van der Waals surface area contributed by atoms with Crippen LogP contribution in [0.25, 0.3) is 0 Å². The summed E-state index contributed by atoms with van der Waals surface area (Å²) < 4.78 is 0.151. The Morgan fingerprint density at radius 2 is 0.906 bits per heavy atom. The smallest absolute Gasteiger partial charge is 0.361 e. The minimum Gasteiger partial charge on any atom is -0.399 e. The molecule has 0 unspecified atom stereocenters. The highest BCUT2D eigenvalue weighted by molar-refractivity contribution is 9.51. The zero-order valence-corrected chi connectivity index (χ0v) is 24.2. The second kappa shape index (κ2) is 10.6. The van der Waals surface area contributed by atoms with Crippen LogP contribution in [0.2, 0.25) is 0 Å². The Labute approximate surface area is 213 Å². The Balaban J connectivity index is 2.20. The van der Waals surface area contributed by atoms with E-state index in [4.69, 9.17) is 0 Å². The van der Waals surface area contributed by atoms with Gasteiger partial charge in [-0.3, -0.25) is 0 Å². The molecule has 172 valence electrons. The van der Waals surface area contributed by atoms with E-state index in [9.17, 15) is 0 Å².